The Balaban J connectivity index is 1.61. The zero-order chi connectivity index (χ0) is 19.2. The van der Waals surface area contributed by atoms with Gasteiger partial charge in [0, 0.05) is 12.1 Å². The molecule has 0 saturated carbocycles. The molecule has 0 aliphatic heterocycles. The van der Waals surface area contributed by atoms with Crippen molar-refractivity contribution in [2.75, 3.05) is 6.54 Å². The molecule has 3 rings (SSSR count). The van der Waals surface area contributed by atoms with Crippen molar-refractivity contribution in [3.63, 3.8) is 0 Å². The lowest BCUT2D eigenvalue weighted by molar-refractivity contribution is -0.0498. The highest BCUT2D eigenvalue weighted by atomic mass is 19.3. The van der Waals surface area contributed by atoms with Crippen molar-refractivity contribution in [3.8, 4) is 17.0 Å². The first-order valence-corrected chi connectivity index (χ1v) is 8.38. The summed E-state index contributed by atoms with van der Waals surface area (Å²) in [5.74, 6) is 0.274. The minimum absolute atomic E-state index is 0.102. The summed E-state index contributed by atoms with van der Waals surface area (Å²) in [7, 11) is 0. The number of alkyl halides is 2. The number of carbonyl (C=O) groups is 1. The molecule has 7 heteroatoms. The van der Waals surface area contributed by atoms with Crippen LogP contribution < -0.4 is 10.1 Å². The molecule has 0 aliphatic carbocycles. The molecule has 1 heterocycles. The van der Waals surface area contributed by atoms with Crippen LogP contribution in [0.25, 0.3) is 11.3 Å². The molecule has 1 amide bonds. The monoisotopic (exact) mass is 372 g/mol. The lowest BCUT2D eigenvalue weighted by Gasteiger charge is -2.08. The molecular weight excluding hydrogens is 354 g/mol. The van der Waals surface area contributed by atoms with Crippen molar-refractivity contribution in [2.24, 2.45) is 0 Å². The third-order valence-electron chi connectivity index (χ3n) is 3.98. The van der Waals surface area contributed by atoms with Crippen LogP contribution in [0.5, 0.6) is 5.75 Å². The molecule has 0 aliphatic rings. The molecular formula is C20H18F2N2O3. The van der Waals surface area contributed by atoms with E-state index < -0.39 is 6.61 Å². The summed E-state index contributed by atoms with van der Waals surface area (Å²) in [4.78, 5) is 12.6. The van der Waals surface area contributed by atoms with Gasteiger partial charge in [0.05, 0.1) is 0 Å². The molecule has 140 valence electrons. The number of nitrogens with zero attached hydrogens (tertiary/aromatic N) is 1. The van der Waals surface area contributed by atoms with Gasteiger partial charge < -0.3 is 14.6 Å². The van der Waals surface area contributed by atoms with E-state index in [9.17, 15) is 13.6 Å². The number of hydrogen-bond donors (Lipinski definition) is 1. The first-order chi connectivity index (χ1) is 13.0. The largest absolute Gasteiger partial charge is 0.435 e. The van der Waals surface area contributed by atoms with Crippen LogP contribution in [0.15, 0.2) is 59.1 Å². The molecule has 0 unspecified atom stereocenters. The maximum absolute atomic E-state index is 12.6. The lowest BCUT2D eigenvalue weighted by Crippen LogP contribution is -2.26. The van der Waals surface area contributed by atoms with Crippen molar-refractivity contribution >= 4 is 5.91 Å². The van der Waals surface area contributed by atoms with E-state index in [0.717, 1.165) is 11.1 Å². The van der Waals surface area contributed by atoms with Crippen molar-refractivity contribution in [2.45, 2.75) is 20.0 Å². The Morgan fingerprint density at radius 2 is 1.85 bits per heavy atom. The Morgan fingerprint density at radius 3 is 2.52 bits per heavy atom. The predicted molar refractivity (Wildman–Crippen MR) is 95.8 cm³/mol. The van der Waals surface area contributed by atoms with Gasteiger partial charge in [-0.15, -0.1) is 0 Å². The van der Waals surface area contributed by atoms with Crippen LogP contribution in [0.2, 0.25) is 0 Å². The topological polar surface area (TPSA) is 64.4 Å². The normalized spacial score (nSPS) is 10.8. The number of aromatic nitrogens is 1. The Morgan fingerprint density at radius 1 is 1.15 bits per heavy atom. The maximum atomic E-state index is 12.6. The summed E-state index contributed by atoms with van der Waals surface area (Å²) in [5.41, 5.74) is 2.59. The average Bonchev–Trinajstić information content (AvgIpc) is 3.05. The van der Waals surface area contributed by atoms with Gasteiger partial charge >= 0.3 is 6.61 Å². The smallest absolute Gasteiger partial charge is 0.387 e. The van der Waals surface area contributed by atoms with E-state index in [2.05, 4.69) is 15.2 Å². The quantitative estimate of drug-likeness (QED) is 0.674. The molecule has 3 aromatic rings. The van der Waals surface area contributed by atoms with E-state index in [0.29, 0.717) is 30.0 Å². The van der Waals surface area contributed by atoms with E-state index in [1.165, 1.54) is 12.1 Å². The second kappa shape index (κ2) is 8.44. The van der Waals surface area contributed by atoms with Gasteiger partial charge in [0.1, 0.15) is 22.8 Å². The number of rotatable bonds is 7. The van der Waals surface area contributed by atoms with Crippen LogP contribution in [-0.2, 0) is 6.42 Å². The van der Waals surface area contributed by atoms with E-state index >= 15 is 0 Å². The van der Waals surface area contributed by atoms with Gasteiger partial charge in [0.15, 0.2) is 0 Å². The van der Waals surface area contributed by atoms with Crippen molar-refractivity contribution in [1.82, 2.24) is 10.5 Å². The fourth-order valence-electron chi connectivity index (χ4n) is 2.68. The van der Waals surface area contributed by atoms with Crippen molar-refractivity contribution < 1.29 is 22.8 Å². The van der Waals surface area contributed by atoms with Crippen LogP contribution in [0.4, 0.5) is 8.78 Å². The van der Waals surface area contributed by atoms with Crippen LogP contribution >= 0.6 is 0 Å². The minimum atomic E-state index is -2.85. The highest BCUT2D eigenvalue weighted by Crippen LogP contribution is 2.24. The number of ether oxygens (including phenoxy) is 1. The number of amides is 1. The fraction of sp³-hybridized carbons (Fsp3) is 0.200. The van der Waals surface area contributed by atoms with Gasteiger partial charge in [-0.1, -0.05) is 47.6 Å². The zero-order valence-corrected chi connectivity index (χ0v) is 14.6. The zero-order valence-electron chi connectivity index (χ0n) is 14.6. The van der Waals surface area contributed by atoms with Crippen LogP contribution in [0, 0.1) is 6.92 Å². The molecule has 0 fully saturated rings. The van der Waals surface area contributed by atoms with E-state index in [1.807, 2.05) is 30.3 Å². The third-order valence-corrected chi connectivity index (χ3v) is 3.98. The number of carbonyl (C=O) groups excluding carboxylic acids is 1. The van der Waals surface area contributed by atoms with E-state index in [-0.39, 0.29) is 11.7 Å². The number of aryl methyl sites for hydroxylation is 1. The minimum Gasteiger partial charge on any atom is -0.435 e. The summed E-state index contributed by atoms with van der Waals surface area (Å²) in [5, 5.41) is 6.84. The molecule has 0 spiro atoms. The predicted octanol–water partition coefficient (Wildman–Crippen LogP) is 4.22. The Hall–Kier alpha value is -3.22. The van der Waals surface area contributed by atoms with E-state index in [1.54, 1.807) is 19.1 Å². The Labute approximate surface area is 154 Å². The van der Waals surface area contributed by atoms with Gasteiger partial charge in [0.2, 0.25) is 0 Å². The molecule has 27 heavy (non-hydrogen) atoms. The highest BCUT2D eigenvalue weighted by Gasteiger charge is 2.21. The number of halogens is 2. The molecule has 2 aromatic carbocycles. The summed E-state index contributed by atoms with van der Waals surface area (Å²) >= 11 is 0. The summed E-state index contributed by atoms with van der Waals surface area (Å²) < 4.78 is 33.8. The first-order valence-electron chi connectivity index (χ1n) is 8.38. The first kappa shape index (κ1) is 18.6. The molecule has 1 N–H and O–H groups in total. The molecule has 0 saturated heterocycles. The average molecular weight is 372 g/mol. The van der Waals surface area contributed by atoms with Gasteiger partial charge in [-0.2, -0.15) is 8.78 Å². The van der Waals surface area contributed by atoms with Crippen LogP contribution in [0.1, 0.15) is 21.7 Å². The van der Waals surface area contributed by atoms with Gasteiger partial charge in [-0.05, 0) is 31.0 Å². The van der Waals surface area contributed by atoms with Crippen molar-refractivity contribution in [1.29, 1.82) is 0 Å². The molecule has 1 aromatic heterocycles. The molecule has 0 atom stereocenters. The number of nitrogens with one attached hydrogen (secondary N) is 1. The summed E-state index contributed by atoms with van der Waals surface area (Å²) in [6.45, 7) is -0.774. The Bertz CT molecular complexity index is 893. The second-order valence-corrected chi connectivity index (χ2v) is 5.86. The fourth-order valence-corrected chi connectivity index (χ4v) is 2.68. The lowest BCUT2D eigenvalue weighted by atomic mass is 10.1. The molecule has 0 radical (unpaired) electrons. The molecule has 0 bridgehead atoms. The maximum Gasteiger partial charge on any atom is 0.387 e. The SMILES string of the molecule is Cc1onc(-c2ccccc2)c1C(=O)NCCc1ccc(OC(F)F)cc1. The number of hydrogen-bond acceptors (Lipinski definition) is 4. The second-order valence-electron chi connectivity index (χ2n) is 5.86. The van der Waals surface area contributed by atoms with Gasteiger partial charge in [-0.25, -0.2) is 0 Å². The van der Waals surface area contributed by atoms with E-state index in [4.69, 9.17) is 4.52 Å². The summed E-state index contributed by atoms with van der Waals surface area (Å²) in [6.07, 6.45) is 0.547. The third kappa shape index (κ3) is 4.69. The Kier molecular flexibility index (Phi) is 5.80. The van der Waals surface area contributed by atoms with Crippen molar-refractivity contribution in [3.05, 3.63) is 71.5 Å². The van der Waals surface area contributed by atoms with Gasteiger partial charge in [-0.3, -0.25) is 4.79 Å². The molecule has 5 nitrogen and oxygen atoms in total. The van der Waals surface area contributed by atoms with Gasteiger partial charge in [0.25, 0.3) is 5.91 Å². The van der Waals surface area contributed by atoms with Crippen LogP contribution in [-0.4, -0.2) is 24.2 Å². The summed E-state index contributed by atoms with van der Waals surface area (Å²) in [6, 6.07) is 15.6. The van der Waals surface area contributed by atoms with Crippen LogP contribution in [0.3, 0.4) is 0 Å². The number of benzene rings is 2. The highest BCUT2D eigenvalue weighted by molar-refractivity contribution is 6.00. The standard InChI is InChI=1S/C20H18F2N2O3/c1-13-17(18(24-27-13)15-5-3-2-4-6-15)19(25)23-12-11-14-7-9-16(10-8-14)26-20(21)22/h2-10,20H,11-12H2,1H3,(H,23,25).